The van der Waals surface area contributed by atoms with Crippen molar-refractivity contribution in [3.05, 3.63) is 35.9 Å². The summed E-state index contributed by atoms with van der Waals surface area (Å²) in [5.41, 5.74) is 0.941. The average molecular weight is 252 g/mol. The molecule has 4 heteroatoms. The summed E-state index contributed by atoms with van der Waals surface area (Å²) in [7, 11) is 0. The van der Waals surface area contributed by atoms with Crippen LogP contribution in [0, 0.1) is 0 Å². The summed E-state index contributed by atoms with van der Waals surface area (Å²) >= 11 is 0. The van der Waals surface area contributed by atoms with Crippen molar-refractivity contribution < 1.29 is 19.0 Å². The third kappa shape index (κ3) is 5.68. The Morgan fingerprint density at radius 1 is 1.17 bits per heavy atom. The smallest absolute Gasteiger partial charge is 0.432 e. The maximum absolute atomic E-state index is 11.4. The van der Waals surface area contributed by atoms with Crippen LogP contribution < -0.4 is 0 Å². The number of benzene rings is 1. The van der Waals surface area contributed by atoms with Gasteiger partial charge in [-0.15, -0.1) is 0 Å². The van der Waals surface area contributed by atoms with Gasteiger partial charge in [0.05, 0.1) is 6.61 Å². The number of hydrogen-bond donors (Lipinski definition) is 0. The first-order chi connectivity index (χ1) is 8.74. The maximum atomic E-state index is 11.4. The third-order valence-corrected chi connectivity index (χ3v) is 2.34. The Morgan fingerprint density at radius 3 is 2.56 bits per heavy atom. The molecule has 0 fully saturated rings. The van der Waals surface area contributed by atoms with Crippen LogP contribution in [0.2, 0.25) is 0 Å². The lowest BCUT2D eigenvalue weighted by atomic mass is 10.1. The first-order valence-corrected chi connectivity index (χ1v) is 6.20. The van der Waals surface area contributed by atoms with E-state index in [9.17, 15) is 4.79 Å². The number of rotatable bonds is 7. The van der Waals surface area contributed by atoms with Gasteiger partial charge >= 0.3 is 6.16 Å². The number of carbonyl (C=O) groups is 1. The lowest BCUT2D eigenvalue weighted by molar-refractivity contribution is 0.00899. The van der Waals surface area contributed by atoms with Gasteiger partial charge < -0.3 is 14.2 Å². The second-order valence-electron chi connectivity index (χ2n) is 3.88. The molecule has 1 rings (SSSR count). The Hall–Kier alpha value is -1.55. The molecule has 0 N–H and O–H groups in total. The molecule has 1 aromatic rings. The van der Waals surface area contributed by atoms with Gasteiger partial charge in [-0.1, -0.05) is 37.3 Å². The molecule has 0 aromatic heterocycles. The molecule has 0 bridgehead atoms. The van der Waals surface area contributed by atoms with Gasteiger partial charge in [0.2, 0.25) is 0 Å². The predicted molar refractivity (Wildman–Crippen MR) is 68.4 cm³/mol. The van der Waals surface area contributed by atoms with Gasteiger partial charge in [-0.3, -0.25) is 0 Å². The molecular formula is C14H20O4. The van der Waals surface area contributed by atoms with Crippen LogP contribution in [-0.2, 0) is 14.2 Å². The van der Waals surface area contributed by atoms with Crippen molar-refractivity contribution in [2.45, 2.75) is 26.4 Å². The zero-order valence-electron chi connectivity index (χ0n) is 10.9. The largest absolute Gasteiger partial charge is 0.508 e. The summed E-state index contributed by atoms with van der Waals surface area (Å²) in [4.78, 5) is 11.4. The predicted octanol–water partition coefficient (Wildman–Crippen LogP) is 3.33. The SMILES string of the molecule is CCCOCCOC(=O)OC(C)c1ccccc1. The zero-order chi connectivity index (χ0) is 13.2. The van der Waals surface area contributed by atoms with E-state index in [2.05, 4.69) is 0 Å². The minimum absolute atomic E-state index is 0.223. The van der Waals surface area contributed by atoms with Gasteiger partial charge in [0, 0.05) is 6.61 Å². The van der Waals surface area contributed by atoms with Gasteiger partial charge in [-0.25, -0.2) is 4.79 Å². The molecule has 0 heterocycles. The van der Waals surface area contributed by atoms with Crippen LogP contribution in [-0.4, -0.2) is 26.0 Å². The van der Waals surface area contributed by atoms with Crippen LogP contribution in [0.5, 0.6) is 0 Å². The first-order valence-electron chi connectivity index (χ1n) is 6.20. The van der Waals surface area contributed by atoms with Crippen molar-refractivity contribution in [1.82, 2.24) is 0 Å². The molecule has 0 saturated heterocycles. The molecule has 0 aliphatic rings. The van der Waals surface area contributed by atoms with Gasteiger partial charge in [0.15, 0.2) is 0 Å². The maximum Gasteiger partial charge on any atom is 0.508 e. The monoisotopic (exact) mass is 252 g/mol. The summed E-state index contributed by atoms with van der Waals surface area (Å²) in [5.74, 6) is 0. The van der Waals surface area contributed by atoms with E-state index in [0.717, 1.165) is 12.0 Å². The molecule has 1 atom stereocenters. The highest BCUT2D eigenvalue weighted by atomic mass is 16.7. The lowest BCUT2D eigenvalue weighted by Gasteiger charge is -2.13. The van der Waals surface area contributed by atoms with Gasteiger partial charge in [-0.2, -0.15) is 0 Å². The van der Waals surface area contributed by atoms with Crippen LogP contribution in [0.1, 0.15) is 31.9 Å². The Morgan fingerprint density at radius 2 is 1.89 bits per heavy atom. The lowest BCUT2D eigenvalue weighted by Crippen LogP contribution is -2.14. The van der Waals surface area contributed by atoms with E-state index in [1.165, 1.54) is 0 Å². The van der Waals surface area contributed by atoms with E-state index in [1.54, 1.807) is 0 Å². The average Bonchev–Trinajstić information content (AvgIpc) is 2.39. The van der Waals surface area contributed by atoms with E-state index in [4.69, 9.17) is 14.2 Å². The fraction of sp³-hybridized carbons (Fsp3) is 0.500. The van der Waals surface area contributed by atoms with Crippen molar-refractivity contribution in [3.63, 3.8) is 0 Å². The van der Waals surface area contributed by atoms with Crippen molar-refractivity contribution in [1.29, 1.82) is 0 Å². The van der Waals surface area contributed by atoms with Crippen molar-refractivity contribution in [2.75, 3.05) is 19.8 Å². The van der Waals surface area contributed by atoms with Crippen LogP contribution in [0.4, 0.5) is 4.79 Å². The van der Waals surface area contributed by atoms with E-state index in [0.29, 0.717) is 13.2 Å². The van der Waals surface area contributed by atoms with Crippen LogP contribution in [0.25, 0.3) is 0 Å². The molecule has 0 aliphatic carbocycles. The number of carbonyl (C=O) groups excluding carboxylic acids is 1. The molecule has 0 radical (unpaired) electrons. The molecule has 0 aliphatic heterocycles. The molecule has 18 heavy (non-hydrogen) atoms. The van der Waals surface area contributed by atoms with Crippen LogP contribution in [0.15, 0.2) is 30.3 Å². The summed E-state index contributed by atoms with van der Waals surface area (Å²) in [5, 5.41) is 0. The second-order valence-corrected chi connectivity index (χ2v) is 3.88. The van der Waals surface area contributed by atoms with Crippen molar-refractivity contribution in [3.8, 4) is 0 Å². The topological polar surface area (TPSA) is 44.8 Å². The number of hydrogen-bond acceptors (Lipinski definition) is 4. The number of ether oxygens (including phenoxy) is 3. The van der Waals surface area contributed by atoms with Gasteiger partial charge in [0.1, 0.15) is 12.7 Å². The van der Waals surface area contributed by atoms with Crippen LogP contribution >= 0.6 is 0 Å². The molecular weight excluding hydrogens is 232 g/mol. The molecule has 1 unspecified atom stereocenters. The van der Waals surface area contributed by atoms with Crippen molar-refractivity contribution in [2.24, 2.45) is 0 Å². The summed E-state index contributed by atoms with van der Waals surface area (Å²) in [6, 6.07) is 9.53. The minimum atomic E-state index is -0.661. The molecule has 1 aromatic carbocycles. The van der Waals surface area contributed by atoms with Crippen molar-refractivity contribution >= 4 is 6.16 Å². The van der Waals surface area contributed by atoms with Crippen LogP contribution in [0.3, 0.4) is 0 Å². The van der Waals surface area contributed by atoms with Gasteiger partial charge in [0.25, 0.3) is 0 Å². The highest BCUT2D eigenvalue weighted by Gasteiger charge is 2.11. The molecule has 0 spiro atoms. The second kappa shape index (κ2) is 8.53. The highest BCUT2D eigenvalue weighted by Crippen LogP contribution is 2.16. The fourth-order valence-electron chi connectivity index (χ4n) is 1.40. The van der Waals surface area contributed by atoms with Gasteiger partial charge in [-0.05, 0) is 18.9 Å². The summed E-state index contributed by atoms with van der Waals surface area (Å²) < 4.78 is 15.2. The minimum Gasteiger partial charge on any atom is -0.432 e. The highest BCUT2D eigenvalue weighted by molar-refractivity contribution is 5.60. The van der Waals surface area contributed by atoms with E-state index >= 15 is 0 Å². The van der Waals surface area contributed by atoms with E-state index in [1.807, 2.05) is 44.2 Å². The summed E-state index contributed by atoms with van der Waals surface area (Å²) in [6.07, 6.45) is -0.0168. The molecule has 0 amide bonds. The standard InChI is InChI=1S/C14H20O4/c1-3-9-16-10-11-17-14(15)18-12(2)13-7-5-4-6-8-13/h4-8,12H,3,9-11H2,1-2H3. The summed E-state index contributed by atoms with van der Waals surface area (Å²) in [6.45, 7) is 5.14. The van der Waals surface area contributed by atoms with E-state index < -0.39 is 6.16 Å². The van der Waals surface area contributed by atoms with E-state index in [-0.39, 0.29) is 12.7 Å². The Balaban J connectivity index is 2.20. The molecule has 4 nitrogen and oxygen atoms in total. The normalized spacial score (nSPS) is 11.9. The molecule has 100 valence electrons. The Bertz CT molecular complexity index is 337. The quantitative estimate of drug-likeness (QED) is 0.551. The first kappa shape index (κ1) is 14.5. The zero-order valence-corrected chi connectivity index (χ0v) is 10.9. The Labute approximate surface area is 108 Å². The fourth-order valence-corrected chi connectivity index (χ4v) is 1.40. The third-order valence-electron chi connectivity index (χ3n) is 2.34. The Kier molecular flexibility index (Phi) is 6.87. The molecule has 0 saturated carbocycles.